The molecule has 1 atom stereocenters. The van der Waals surface area contributed by atoms with E-state index in [1.54, 1.807) is 0 Å². The molecule has 0 saturated heterocycles. The number of halogens is 1. The summed E-state index contributed by atoms with van der Waals surface area (Å²) >= 11 is 6.08. The smallest absolute Gasteiger partial charge is 0.0409 e. The lowest BCUT2D eigenvalue weighted by Crippen LogP contribution is -2.55. The van der Waals surface area contributed by atoms with Crippen molar-refractivity contribution in [3.8, 4) is 0 Å². The average Bonchev–Trinajstić information content (AvgIpc) is 2.37. The lowest BCUT2D eigenvalue weighted by molar-refractivity contribution is 0.0223. The molecule has 112 valence electrons. The number of hydrogen-bond acceptors (Lipinski definition) is 2. The van der Waals surface area contributed by atoms with Crippen LogP contribution in [0.25, 0.3) is 0 Å². The Balaban J connectivity index is 2.14. The first-order valence-electron chi connectivity index (χ1n) is 7.53. The van der Waals surface area contributed by atoms with Crippen LogP contribution in [0.15, 0.2) is 24.3 Å². The molecule has 1 aromatic carbocycles. The maximum absolute atomic E-state index is 6.18. The second-order valence-corrected chi connectivity index (χ2v) is 7.55. The summed E-state index contributed by atoms with van der Waals surface area (Å²) in [6, 6.07) is 8.13. The van der Waals surface area contributed by atoms with Crippen LogP contribution < -0.4 is 5.73 Å². The van der Waals surface area contributed by atoms with Crippen molar-refractivity contribution in [1.29, 1.82) is 0 Å². The quantitative estimate of drug-likeness (QED) is 0.907. The van der Waals surface area contributed by atoms with Gasteiger partial charge in [-0.3, -0.25) is 4.90 Å². The van der Waals surface area contributed by atoms with Crippen LogP contribution in [0.3, 0.4) is 0 Å². The van der Waals surface area contributed by atoms with E-state index in [2.05, 4.69) is 37.9 Å². The second-order valence-electron chi connectivity index (χ2n) is 7.11. The van der Waals surface area contributed by atoms with Crippen LogP contribution in [-0.4, -0.2) is 24.0 Å². The summed E-state index contributed by atoms with van der Waals surface area (Å²) in [5.74, 6) is 0. The first-order chi connectivity index (χ1) is 9.37. The molecule has 0 aliphatic heterocycles. The SMILES string of the molecule is CN(Cc1cccc(Cl)c1)C1(CN)CCCC(C)(C)C1. The summed E-state index contributed by atoms with van der Waals surface area (Å²) in [6.45, 7) is 6.37. The van der Waals surface area contributed by atoms with E-state index < -0.39 is 0 Å². The molecule has 0 spiro atoms. The molecule has 2 N–H and O–H groups in total. The fourth-order valence-corrected chi connectivity index (χ4v) is 3.91. The molecule has 1 fully saturated rings. The lowest BCUT2D eigenvalue weighted by Gasteiger charge is -2.49. The second kappa shape index (κ2) is 6.05. The van der Waals surface area contributed by atoms with Crippen LogP contribution in [0.1, 0.15) is 45.1 Å². The van der Waals surface area contributed by atoms with E-state index in [4.69, 9.17) is 17.3 Å². The molecular formula is C17H27ClN2. The highest BCUT2D eigenvalue weighted by atomic mass is 35.5. The Bertz CT molecular complexity index is 458. The summed E-state index contributed by atoms with van der Waals surface area (Å²) in [5, 5.41) is 0.807. The van der Waals surface area contributed by atoms with Crippen LogP contribution in [0.5, 0.6) is 0 Å². The van der Waals surface area contributed by atoms with E-state index in [0.717, 1.165) is 18.1 Å². The van der Waals surface area contributed by atoms with Crippen LogP contribution in [0.4, 0.5) is 0 Å². The highest BCUT2D eigenvalue weighted by Gasteiger charge is 2.41. The zero-order valence-electron chi connectivity index (χ0n) is 13.0. The largest absolute Gasteiger partial charge is 0.329 e. The normalized spacial score (nSPS) is 25.9. The Morgan fingerprint density at radius 2 is 2.05 bits per heavy atom. The van der Waals surface area contributed by atoms with Gasteiger partial charge in [-0.25, -0.2) is 0 Å². The molecule has 0 bridgehead atoms. The van der Waals surface area contributed by atoms with Crippen LogP contribution in [-0.2, 0) is 6.54 Å². The number of rotatable bonds is 4. The molecule has 1 aliphatic rings. The summed E-state index contributed by atoms with van der Waals surface area (Å²) in [4.78, 5) is 2.44. The van der Waals surface area contributed by atoms with Crippen LogP contribution in [0.2, 0.25) is 5.02 Å². The predicted octanol–water partition coefficient (Wildman–Crippen LogP) is 4.07. The van der Waals surface area contributed by atoms with Crippen molar-refractivity contribution in [1.82, 2.24) is 4.90 Å². The maximum Gasteiger partial charge on any atom is 0.0409 e. The third-order valence-corrected chi connectivity index (χ3v) is 5.04. The first-order valence-corrected chi connectivity index (χ1v) is 7.90. The lowest BCUT2D eigenvalue weighted by atomic mass is 9.67. The zero-order valence-corrected chi connectivity index (χ0v) is 13.7. The van der Waals surface area contributed by atoms with E-state index in [-0.39, 0.29) is 5.54 Å². The van der Waals surface area contributed by atoms with E-state index in [9.17, 15) is 0 Å². The summed E-state index contributed by atoms with van der Waals surface area (Å²) < 4.78 is 0. The van der Waals surface area contributed by atoms with Gasteiger partial charge < -0.3 is 5.73 Å². The molecule has 0 amide bonds. The van der Waals surface area contributed by atoms with E-state index in [0.29, 0.717) is 5.41 Å². The van der Waals surface area contributed by atoms with E-state index in [1.807, 2.05) is 12.1 Å². The van der Waals surface area contributed by atoms with Gasteiger partial charge in [0.25, 0.3) is 0 Å². The number of nitrogens with two attached hydrogens (primary N) is 1. The van der Waals surface area contributed by atoms with Crippen molar-refractivity contribution in [3.63, 3.8) is 0 Å². The van der Waals surface area contributed by atoms with Crippen molar-refractivity contribution in [3.05, 3.63) is 34.9 Å². The van der Waals surface area contributed by atoms with Gasteiger partial charge in [-0.2, -0.15) is 0 Å². The topological polar surface area (TPSA) is 29.3 Å². The molecule has 0 heterocycles. The fraction of sp³-hybridized carbons (Fsp3) is 0.647. The van der Waals surface area contributed by atoms with Gasteiger partial charge in [-0.05, 0) is 49.4 Å². The highest BCUT2D eigenvalue weighted by Crippen LogP contribution is 2.43. The number of benzene rings is 1. The summed E-state index contributed by atoms with van der Waals surface area (Å²) in [7, 11) is 2.20. The van der Waals surface area contributed by atoms with Crippen LogP contribution >= 0.6 is 11.6 Å². The van der Waals surface area contributed by atoms with Gasteiger partial charge in [0.05, 0.1) is 0 Å². The van der Waals surface area contributed by atoms with E-state index >= 15 is 0 Å². The van der Waals surface area contributed by atoms with Gasteiger partial charge in [-0.15, -0.1) is 0 Å². The minimum Gasteiger partial charge on any atom is -0.329 e. The zero-order chi connectivity index (χ0) is 14.8. The summed E-state index contributed by atoms with van der Waals surface area (Å²) in [6.07, 6.45) is 4.95. The molecule has 1 unspecified atom stereocenters. The van der Waals surface area contributed by atoms with Gasteiger partial charge in [-0.1, -0.05) is 44.0 Å². The number of nitrogens with zero attached hydrogens (tertiary/aromatic N) is 1. The highest BCUT2D eigenvalue weighted by molar-refractivity contribution is 6.30. The van der Waals surface area contributed by atoms with Crippen LogP contribution in [0, 0.1) is 5.41 Å². The molecule has 0 aromatic heterocycles. The molecule has 0 radical (unpaired) electrons. The minimum absolute atomic E-state index is 0.129. The third kappa shape index (κ3) is 3.55. The molecule has 2 rings (SSSR count). The Labute approximate surface area is 128 Å². The first kappa shape index (κ1) is 15.8. The average molecular weight is 295 g/mol. The molecular weight excluding hydrogens is 268 g/mol. The molecule has 1 aliphatic carbocycles. The predicted molar refractivity (Wildman–Crippen MR) is 87.0 cm³/mol. The van der Waals surface area contributed by atoms with Gasteiger partial charge in [0, 0.05) is 23.7 Å². The van der Waals surface area contributed by atoms with Gasteiger partial charge in [0.15, 0.2) is 0 Å². The molecule has 20 heavy (non-hydrogen) atoms. The Kier molecular flexibility index (Phi) is 4.78. The Morgan fingerprint density at radius 1 is 1.30 bits per heavy atom. The van der Waals surface area contributed by atoms with Crippen molar-refractivity contribution in [2.45, 2.75) is 51.6 Å². The van der Waals surface area contributed by atoms with Crippen molar-refractivity contribution < 1.29 is 0 Å². The molecule has 1 aromatic rings. The molecule has 1 saturated carbocycles. The van der Waals surface area contributed by atoms with Gasteiger partial charge in [0.1, 0.15) is 0 Å². The van der Waals surface area contributed by atoms with Crippen molar-refractivity contribution >= 4 is 11.6 Å². The Morgan fingerprint density at radius 3 is 2.65 bits per heavy atom. The van der Waals surface area contributed by atoms with Crippen molar-refractivity contribution in [2.75, 3.05) is 13.6 Å². The van der Waals surface area contributed by atoms with E-state index in [1.165, 1.54) is 31.2 Å². The monoisotopic (exact) mass is 294 g/mol. The van der Waals surface area contributed by atoms with Crippen molar-refractivity contribution in [2.24, 2.45) is 11.1 Å². The standard InChI is InChI=1S/C17H27ClN2/c1-16(2)8-5-9-17(12-16,13-19)20(3)11-14-6-4-7-15(18)10-14/h4,6-7,10H,5,8-9,11-13,19H2,1-3H3. The third-order valence-electron chi connectivity index (χ3n) is 4.80. The molecule has 2 nitrogen and oxygen atoms in total. The minimum atomic E-state index is 0.129. The maximum atomic E-state index is 6.18. The van der Waals surface area contributed by atoms with Gasteiger partial charge in [0.2, 0.25) is 0 Å². The Hall–Kier alpha value is -0.570. The fourth-order valence-electron chi connectivity index (χ4n) is 3.70. The number of hydrogen-bond donors (Lipinski definition) is 1. The molecule has 3 heteroatoms. The van der Waals surface area contributed by atoms with Gasteiger partial charge >= 0.3 is 0 Å². The summed E-state index contributed by atoms with van der Waals surface area (Å²) in [5.41, 5.74) is 7.95. The number of likely N-dealkylation sites (N-methyl/N-ethyl adjacent to an activating group) is 1.